The number of amides is 1. The van der Waals surface area contributed by atoms with Crippen LogP contribution in [-0.2, 0) is 11.8 Å². The number of aliphatic hydroxyl groups excluding tert-OH is 1. The summed E-state index contributed by atoms with van der Waals surface area (Å²) in [6, 6.07) is 9.19. The van der Waals surface area contributed by atoms with Gasteiger partial charge in [0, 0.05) is 13.6 Å². The van der Waals surface area contributed by atoms with Gasteiger partial charge >= 0.3 is 0 Å². The predicted molar refractivity (Wildman–Crippen MR) is 85.3 cm³/mol. The lowest BCUT2D eigenvalue weighted by molar-refractivity contribution is -0.0813. The van der Waals surface area contributed by atoms with Crippen molar-refractivity contribution in [2.75, 3.05) is 19.8 Å². The van der Waals surface area contributed by atoms with Crippen LogP contribution in [0.2, 0.25) is 5.02 Å². The number of morpholine rings is 1. The second-order valence-corrected chi connectivity index (χ2v) is 5.82. The van der Waals surface area contributed by atoms with Gasteiger partial charge in [-0.1, -0.05) is 41.9 Å². The first-order valence-corrected chi connectivity index (χ1v) is 7.77. The Morgan fingerprint density at radius 2 is 2.17 bits per heavy atom. The number of aliphatic hydroxyl groups is 1. The van der Waals surface area contributed by atoms with E-state index in [9.17, 15) is 9.90 Å². The fourth-order valence-corrected chi connectivity index (χ4v) is 3.19. The number of nitrogens with zero attached hydrogens (tertiary/aromatic N) is 3. The molecule has 2 atom stereocenters. The highest BCUT2D eigenvalue weighted by atomic mass is 35.5. The van der Waals surface area contributed by atoms with Crippen LogP contribution in [0.5, 0.6) is 0 Å². The van der Waals surface area contributed by atoms with Crippen molar-refractivity contribution >= 4 is 17.5 Å². The number of hydrogen-bond donors (Lipinski definition) is 1. The third kappa shape index (κ3) is 2.97. The first-order chi connectivity index (χ1) is 11.1. The Kier molecular flexibility index (Phi) is 4.66. The van der Waals surface area contributed by atoms with Crippen LogP contribution < -0.4 is 0 Å². The molecule has 2 heterocycles. The van der Waals surface area contributed by atoms with Crippen molar-refractivity contribution in [3.8, 4) is 0 Å². The van der Waals surface area contributed by atoms with Crippen LogP contribution in [-0.4, -0.2) is 51.6 Å². The largest absolute Gasteiger partial charge is 0.394 e. The summed E-state index contributed by atoms with van der Waals surface area (Å²) in [5.41, 5.74) is 1.25. The Bertz CT molecular complexity index is 670. The van der Waals surface area contributed by atoms with E-state index >= 15 is 0 Å². The zero-order valence-corrected chi connectivity index (χ0v) is 13.5. The Balaban J connectivity index is 1.99. The van der Waals surface area contributed by atoms with Crippen LogP contribution >= 0.6 is 11.6 Å². The minimum absolute atomic E-state index is 0.164. The maximum atomic E-state index is 13.0. The molecule has 6 nitrogen and oxygen atoms in total. The lowest BCUT2D eigenvalue weighted by atomic mass is 9.98. The van der Waals surface area contributed by atoms with Crippen molar-refractivity contribution in [3.05, 3.63) is 52.8 Å². The van der Waals surface area contributed by atoms with Crippen molar-refractivity contribution in [2.24, 2.45) is 7.05 Å². The fraction of sp³-hybridized carbons (Fsp3) is 0.375. The van der Waals surface area contributed by atoms with E-state index in [0.717, 1.165) is 5.56 Å². The number of aromatic nitrogens is 2. The number of ether oxygens (including phenoxy) is 1. The van der Waals surface area contributed by atoms with Gasteiger partial charge < -0.3 is 14.7 Å². The number of rotatable bonds is 3. The van der Waals surface area contributed by atoms with Crippen LogP contribution in [0.15, 0.2) is 36.5 Å². The first-order valence-electron chi connectivity index (χ1n) is 7.39. The van der Waals surface area contributed by atoms with Crippen molar-refractivity contribution in [1.29, 1.82) is 0 Å². The molecule has 1 amide bonds. The molecular formula is C16H18ClN3O3. The van der Waals surface area contributed by atoms with Gasteiger partial charge in [-0.15, -0.1) is 0 Å². The Morgan fingerprint density at radius 1 is 1.43 bits per heavy atom. The highest BCUT2D eigenvalue weighted by molar-refractivity contribution is 6.33. The quantitative estimate of drug-likeness (QED) is 0.926. The predicted octanol–water partition coefficient (Wildman–Crippen LogP) is 1.65. The number of benzene rings is 1. The molecule has 122 valence electrons. The van der Waals surface area contributed by atoms with Crippen LogP contribution in [0.25, 0.3) is 0 Å². The van der Waals surface area contributed by atoms with E-state index in [4.69, 9.17) is 16.3 Å². The van der Waals surface area contributed by atoms with Crippen molar-refractivity contribution < 1.29 is 14.6 Å². The van der Waals surface area contributed by atoms with Crippen LogP contribution in [0.4, 0.5) is 0 Å². The number of hydrogen-bond acceptors (Lipinski definition) is 4. The summed E-state index contributed by atoms with van der Waals surface area (Å²) in [5.74, 6) is -0.217. The van der Waals surface area contributed by atoms with Crippen LogP contribution in [0.1, 0.15) is 22.1 Å². The molecular weight excluding hydrogens is 318 g/mol. The molecule has 7 heteroatoms. The number of carbonyl (C=O) groups is 1. The van der Waals surface area contributed by atoms with Crippen molar-refractivity contribution in [1.82, 2.24) is 14.7 Å². The van der Waals surface area contributed by atoms with E-state index in [1.165, 1.54) is 10.9 Å². The van der Waals surface area contributed by atoms with E-state index in [2.05, 4.69) is 5.10 Å². The average Bonchev–Trinajstić information content (AvgIpc) is 2.93. The molecule has 0 aliphatic carbocycles. The van der Waals surface area contributed by atoms with Crippen LogP contribution in [0, 0.1) is 0 Å². The molecule has 23 heavy (non-hydrogen) atoms. The second-order valence-electron chi connectivity index (χ2n) is 5.41. The molecule has 1 saturated heterocycles. The minimum Gasteiger partial charge on any atom is -0.394 e. The lowest BCUT2D eigenvalue weighted by Crippen LogP contribution is -2.49. The smallest absolute Gasteiger partial charge is 0.274 e. The monoisotopic (exact) mass is 335 g/mol. The first kappa shape index (κ1) is 16.0. The molecule has 1 aromatic heterocycles. The summed E-state index contributed by atoms with van der Waals surface area (Å²) >= 11 is 6.11. The van der Waals surface area contributed by atoms with E-state index in [0.29, 0.717) is 23.9 Å². The molecule has 2 aromatic rings. The third-order valence-electron chi connectivity index (χ3n) is 4.03. The van der Waals surface area contributed by atoms with Gasteiger partial charge in [-0.05, 0) is 5.56 Å². The molecule has 0 bridgehead atoms. The van der Waals surface area contributed by atoms with Gasteiger partial charge in [0.1, 0.15) is 11.8 Å². The molecule has 0 radical (unpaired) electrons. The normalized spacial score (nSPS) is 21.4. The van der Waals surface area contributed by atoms with Crippen LogP contribution in [0.3, 0.4) is 0 Å². The van der Waals surface area contributed by atoms with E-state index in [1.807, 2.05) is 30.3 Å². The minimum atomic E-state index is -0.470. The topological polar surface area (TPSA) is 67.6 Å². The summed E-state index contributed by atoms with van der Waals surface area (Å²) in [7, 11) is 1.68. The molecule has 3 rings (SSSR count). The number of aryl methyl sites for hydroxylation is 1. The fourth-order valence-electron chi connectivity index (χ4n) is 2.95. The van der Waals surface area contributed by atoms with Gasteiger partial charge in [-0.25, -0.2) is 0 Å². The standard InChI is InChI=1S/C16H18ClN3O3/c1-19-15(12(17)9-18-19)16(22)20-7-8-23-13(10-21)14(20)11-5-3-2-4-6-11/h2-6,9,13-14,21H,7-8,10H2,1H3/t13-,14-/m1/s1. The summed E-state index contributed by atoms with van der Waals surface area (Å²) in [6.07, 6.45) is 0.984. The molecule has 1 fully saturated rings. The van der Waals surface area contributed by atoms with Gasteiger partial charge in [-0.2, -0.15) is 5.10 Å². The Hall–Kier alpha value is -1.89. The SMILES string of the molecule is Cn1ncc(Cl)c1C(=O)N1CCO[C@H](CO)[C@H]1c1ccccc1. The van der Waals surface area contributed by atoms with Gasteiger partial charge in [0.2, 0.25) is 0 Å². The molecule has 0 unspecified atom stereocenters. The molecule has 1 aliphatic rings. The van der Waals surface area contributed by atoms with Gasteiger partial charge in [0.25, 0.3) is 5.91 Å². The molecule has 1 N–H and O–H groups in total. The van der Waals surface area contributed by atoms with E-state index in [-0.39, 0.29) is 18.6 Å². The zero-order valence-electron chi connectivity index (χ0n) is 12.7. The summed E-state index contributed by atoms with van der Waals surface area (Å²) < 4.78 is 7.12. The van der Waals surface area contributed by atoms with Gasteiger partial charge in [0.05, 0.1) is 30.5 Å². The maximum absolute atomic E-state index is 13.0. The van der Waals surface area contributed by atoms with Gasteiger partial charge in [0.15, 0.2) is 0 Å². The average molecular weight is 336 g/mol. The van der Waals surface area contributed by atoms with Crippen molar-refractivity contribution in [3.63, 3.8) is 0 Å². The van der Waals surface area contributed by atoms with E-state index in [1.54, 1.807) is 11.9 Å². The Morgan fingerprint density at radius 3 is 2.78 bits per heavy atom. The second kappa shape index (κ2) is 6.70. The molecule has 1 aliphatic heterocycles. The molecule has 0 saturated carbocycles. The summed E-state index contributed by atoms with van der Waals surface area (Å²) in [4.78, 5) is 14.7. The zero-order chi connectivity index (χ0) is 16.4. The van der Waals surface area contributed by atoms with E-state index < -0.39 is 6.10 Å². The maximum Gasteiger partial charge on any atom is 0.274 e. The number of carbonyl (C=O) groups excluding carboxylic acids is 1. The number of halogens is 1. The van der Waals surface area contributed by atoms with Crippen molar-refractivity contribution in [2.45, 2.75) is 12.1 Å². The summed E-state index contributed by atoms with van der Waals surface area (Å²) in [5, 5.41) is 14.0. The Labute approximate surface area is 139 Å². The third-order valence-corrected chi connectivity index (χ3v) is 4.31. The lowest BCUT2D eigenvalue weighted by Gasteiger charge is -2.40. The molecule has 1 aromatic carbocycles. The highest BCUT2D eigenvalue weighted by Crippen LogP contribution is 2.31. The molecule has 0 spiro atoms. The van der Waals surface area contributed by atoms with Gasteiger partial charge in [-0.3, -0.25) is 9.48 Å². The highest BCUT2D eigenvalue weighted by Gasteiger charge is 2.37. The summed E-state index contributed by atoms with van der Waals surface area (Å²) in [6.45, 7) is 0.634.